The molecule has 36 heavy (non-hydrogen) atoms. The molecular weight excluding hydrogens is 485 g/mol. The Morgan fingerprint density at radius 3 is 2.53 bits per heavy atom. The van der Waals surface area contributed by atoms with Crippen LogP contribution < -0.4 is 10.5 Å². The van der Waals surface area contributed by atoms with E-state index in [1.54, 1.807) is 18.3 Å². The average molecular weight is 511 g/mol. The van der Waals surface area contributed by atoms with Gasteiger partial charge in [0.15, 0.2) is 0 Å². The van der Waals surface area contributed by atoms with Crippen LogP contribution in [0.5, 0.6) is 5.88 Å². The molecule has 0 aliphatic carbocycles. The maximum atomic E-state index is 14.5. The van der Waals surface area contributed by atoms with Gasteiger partial charge in [-0.15, -0.1) is 0 Å². The Balaban J connectivity index is 1.89. The Kier molecular flexibility index (Phi) is 7.95. The molecule has 2 unspecified atom stereocenters. The number of hydrogen-bond acceptors (Lipinski definition) is 6. The monoisotopic (exact) mass is 511 g/mol. The summed E-state index contributed by atoms with van der Waals surface area (Å²) in [7, 11) is 1.47. The van der Waals surface area contributed by atoms with E-state index in [4.69, 9.17) is 10.5 Å². The maximum absolute atomic E-state index is 14.5. The highest BCUT2D eigenvalue weighted by molar-refractivity contribution is 6.17. The number of nitrogens with two attached hydrogens (primary N) is 1. The number of carbonyl (C=O) groups excluding carboxylic acids is 1. The van der Waals surface area contributed by atoms with Gasteiger partial charge in [-0.2, -0.15) is 13.2 Å². The van der Waals surface area contributed by atoms with Crippen LogP contribution >= 0.6 is 0 Å². The Morgan fingerprint density at radius 1 is 1.25 bits per heavy atom. The molecule has 2 N–H and O–H groups in total. The third-order valence-corrected chi connectivity index (χ3v) is 5.77. The molecule has 0 saturated carbocycles. The number of likely N-dealkylation sites (tertiary alicyclic amines) is 1. The van der Waals surface area contributed by atoms with Gasteiger partial charge in [-0.3, -0.25) is 14.8 Å². The summed E-state index contributed by atoms with van der Waals surface area (Å²) in [5, 5.41) is 0. The summed E-state index contributed by atoms with van der Waals surface area (Å²) in [5.74, 6) is -4.86. The van der Waals surface area contributed by atoms with Gasteiger partial charge in [0.05, 0.1) is 23.8 Å². The molecule has 7 nitrogen and oxygen atoms in total. The Labute approximate surface area is 204 Å². The Morgan fingerprint density at radius 2 is 1.97 bits per heavy atom. The molecule has 1 saturated heterocycles. The number of rotatable bonds is 6. The zero-order valence-corrected chi connectivity index (χ0v) is 19.9. The average Bonchev–Trinajstić information content (AvgIpc) is 2.80. The summed E-state index contributed by atoms with van der Waals surface area (Å²) < 4.78 is 72.8. The van der Waals surface area contributed by atoms with Crippen molar-refractivity contribution >= 4 is 17.7 Å². The van der Waals surface area contributed by atoms with Crippen LogP contribution in [0.3, 0.4) is 0 Å². The van der Waals surface area contributed by atoms with Gasteiger partial charge < -0.3 is 15.4 Å². The summed E-state index contributed by atoms with van der Waals surface area (Å²) in [5.41, 5.74) is 6.28. The Hall–Kier alpha value is -3.57. The second-order valence-corrected chi connectivity index (χ2v) is 8.67. The summed E-state index contributed by atoms with van der Waals surface area (Å²) in [6, 6.07) is 4.38. The molecule has 0 aromatic carbocycles. The zero-order chi connectivity index (χ0) is 26.7. The van der Waals surface area contributed by atoms with Crippen LogP contribution in [0.25, 0.3) is 5.57 Å². The van der Waals surface area contributed by atoms with Crippen LogP contribution in [0.1, 0.15) is 30.2 Å². The largest absolute Gasteiger partial charge is 0.475 e. The molecule has 1 aliphatic heterocycles. The molecule has 2 aromatic rings. The standard InChI is InChI=1S/C24H26F5N5O2/c1-14-4-6-18(32-9-14)17(11-31-3)21(30)22(35)34-13-23(25,26)8-15(2)19(34)12-36-20-7-5-16(10-33-20)24(27,28)29/h4-7,9-11,15,19H,8,12-13,30H2,1-3H3. The molecule has 3 rings (SSSR count). The number of aryl methyl sites for hydroxylation is 1. The van der Waals surface area contributed by atoms with Gasteiger partial charge in [-0.1, -0.05) is 13.0 Å². The number of allylic oxidation sites excluding steroid dienone is 1. The molecule has 1 aliphatic rings. The van der Waals surface area contributed by atoms with E-state index in [-0.39, 0.29) is 23.8 Å². The van der Waals surface area contributed by atoms with Gasteiger partial charge in [0, 0.05) is 43.7 Å². The summed E-state index contributed by atoms with van der Waals surface area (Å²) >= 11 is 0. The van der Waals surface area contributed by atoms with Gasteiger partial charge >= 0.3 is 6.18 Å². The number of ether oxygens (including phenoxy) is 1. The topological polar surface area (TPSA) is 93.7 Å². The molecule has 2 aromatic heterocycles. The SMILES string of the molecule is CN=CC(=C(N)C(=O)N1CC(F)(F)CC(C)C1COc1ccc(C(F)(F)F)cn1)c1ccc(C)cn1. The predicted octanol–water partition coefficient (Wildman–Crippen LogP) is 4.13. The zero-order valence-electron chi connectivity index (χ0n) is 19.9. The second kappa shape index (κ2) is 10.6. The number of carbonyl (C=O) groups is 1. The second-order valence-electron chi connectivity index (χ2n) is 8.67. The minimum atomic E-state index is -4.56. The van der Waals surface area contributed by atoms with Crippen LogP contribution in [0.2, 0.25) is 0 Å². The number of aliphatic imine (C=N–C) groups is 1. The highest BCUT2D eigenvalue weighted by atomic mass is 19.4. The fraction of sp³-hybridized carbons (Fsp3) is 0.417. The molecule has 0 radical (unpaired) electrons. The number of hydrogen-bond donors (Lipinski definition) is 1. The Bertz CT molecular complexity index is 1130. The molecule has 1 fully saturated rings. The van der Waals surface area contributed by atoms with E-state index in [9.17, 15) is 26.7 Å². The van der Waals surface area contributed by atoms with Crippen LogP contribution in [0.15, 0.2) is 47.3 Å². The lowest BCUT2D eigenvalue weighted by molar-refractivity contribution is -0.151. The van der Waals surface area contributed by atoms with Crippen molar-refractivity contribution in [2.75, 3.05) is 20.2 Å². The van der Waals surface area contributed by atoms with E-state index >= 15 is 0 Å². The van der Waals surface area contributed by atoms with E-state index in [2.05, 4.69) is 15.0 Å². The maximum Gasteiger partial charge on any atom is 0.417 e. The molecule has 1 amide bonds. The number of alkyl halides is 5. The molecule has 194 valence electrons. The molecule has 3 heterocycles. The van der Waals surface area contributed by atoms with Crippen molar-refractivity contribution in [2.24, 2.45) is 16.6 Å². The van der Waals surface area contributed by atoms with Gasteiger partial charge in [0.25, 0.3) is 11.8 Å². The van der Waals surface area contributed by atoms with Crippen molar-refractivity contribution in [1.29, 1.82) is 0 Å². The van der Waals surface area contributed by atoms with Crippen molar-refractivity contribution in [1.82, 2.24) is 14.9 Å². The van der Waals surface area contributed by atoms with Gasteiger partial charge in [-0.25, -0.2) is 13.8 Å². The summed E-state index contributed by atoms with van der Waals surface area (Å²) in [6.07, 6.45) is -1.55. The van der Waals surface area contributed by atoms with Crippen LogP contribution in [-0.4, -0.2) is 59.2 Å². The van der Waals surface area contributed by atoms with Crippen molar-refractivity contribution in [3.05, 3.63) is 59.2 Å². The van der Waals surface area contributed by atoms with Gasteiger partial charge in [-0.05, 0) is 30.5 Å². The molecule has 0 bridgehead atoms. The fourth-order valence-electron chi connectivity index (χ4n) is 3.93. The van der Waals surface area contributed by atoms with E-state index in [1.165, 1.54) is 20.2 Å². The van der Waals surface area contributed by atoms with Crippen molar-refractivity contribution in [3.63, 3.8) is 0 Å². The van der Waals surface area contributed by atoms with E-state index in [0.717, 1.165) is 22.6 Å². The molecule has 0 spiro atoms. The first-order chi connectivity index (χ1) is 16.8. The quantitative estimate of drug-likeness (QED) is 0.358. The minimum Gasteiger partial charge on any atom is -0.475 e. The van der Waals surface area contributed by atoms with Gasteiger partial charge in [0.1, 0.15) is 12.3 Å². The molecule has 2 atom stereocenters. The predicted molar refractivity (Wildman–Crippen MR) is 123 cm³/mol. The first-order valence-corrected chi connectivity index (χ1v) is 11.0. The number of pyridine rings is 2. The number of nitrogens with zero attached hydrogens (tertiary/aromatic N) is 4. The minimum absolute atomic E-state index is 0.133. The van der Waals surface area contributed by atoms with Gasteiger partial charge in [0.2, 0.25) is 5.88 Å². The summed E-state index contributed by atoms with van der Waals surface area (Å²) in [4.78, 5) is 26.1. The first kappa shape index (κ1) is 27.0. The number of halogens is 5. The molecule has 12 heteroatoms. The normalized spacial score (nSPS) is 20.8. The number of amides is 1. The fourth-order valence-corrected chi connectivity index (χ4v) is 3.93. The van der Waals surface area contributed by atoms with Crippen molar-refractivity contribution in [2.45, 2.75) is 38.4 Å². The number of aromatic nitrogens is 2. The van der Waals surface area contributed by atoms with E-state index in [0.29, 0.717) is 11.9 Å². The lowest BCUT2D eigenvalue weighted by Crippen LogP contribution is -2.58. The van der Waals surface area contributed by atoms with Crippen molar-refractivity contribution < 1.29 is 31.5 Å². The summed E-state index contributed by atoms with van der Waals surface area (Å²) in [6.45, 7) is 2.20. The third-order valence-electron chi connectivity index (χ3n) is 5.77. The van der Waals surface area contributed by atoms with Crippen LogP contribution in [0, 0.1) is 12.8 Å². The van der Waals surface area contributed by atoms with Crippen LogP contribution in [0.4, 0.5) is 22.0 Å². The van der Waals surface area contributed by atoms with E-state index in [1.807, 2.05) is 6.92 Å². The van der Waals surface area contributed by atoms with Crippen LogP contribution in [-0.2, 0) is 11.0 Å². The highest BCUT2D eigenvalue weighted by Crippen LogP contribution is 2.36. The lowest BCUT2D eigenvalue weighted by Gasteiger charge is -2.43. The molecular formula is C24H26F5N5O2. The first-order valence-electron chi connectivity index (χ1n) is 11.0. The van der Waals surface area contributed by atoms with E-state index < -0.39 is 48.5 Å². The third kappa shape index (κ3) is 6.35. The lowest BCUT2D eigenvalue weighted by atomic mass is 9.88. The number of piperidine rings is 1. The highest BCUT2D eigenvalue weighted by Gasteiger charge is 2.47. The van der Waals surface area contributed by atoms with Crippen molar-refractivity contribution in [3.8, 4) is 5.88 Å². The smallest absolute Gasteiger partial charge is 0.417 e.